The van der Waals surface area contributed by atoms with E-state index >= 15 is 0 Å². The van der Waals surface area contributed by atoms with Gasteiger partial charge in [0.25, 0.3) is 0 Å². The topological polar surface area (TPSA) is 50.8 Å². The van der Waals surface area contributed by atoms with Crippen molar-refractivity contribution in [3.8, 4) is 5.75 Å². The van der Waals surface area contributed by atoms with Crippen LogP contribution in [0.4, 0.5) is 0 Å². The van der Waals surface area contributed by atoms with E-state index in [0.717, 1.165) is 47.2 Å². The second-order valence-corrected chi connectivity index (χ2v) is 8.61. The number of hydrogen-bond acceptors (Lipinski definition) is 4. The van der Waals surface area contributed by atoms with Crippen molar-refractivity contribution in [2.75, 3.05) is 7.05 Å². The standard InChI is InChI=1S/C22H22BrN3O/c1-14-22(25-20(24)26(14)2)18-13-17(23)7-8-19(18)27-21(22)11-9-15-5-3-4-6-16(15)10-12-21/h3-8,13H,1,9-12H2,2H3,(H2,24,25). The first-order valence-corrected chi connectivity index (χ1v) is 10.1. The van der Waals surface area contributed by atoms with Gasteiger partial charge in [0.05, 0.1) is 0 Å². The van der Waals surface area contributed by atoms with Gasteiger partial charge in [0.1, 0.15) is 11.4 Å². The molecule has 0 saturated heterocycles. The number of ether oxygens (including phenoxy) is 1. The van der Waals surface area contributed by atoms with Crippen molar-refractivity contribution < 1.29 is 4.74 Å². The summed E-state index contributed by atoms with van der Waals surface area (Å²) in [7, 11) is 1.94. The molecule has 0 fully saturated rings. The van der Waals surface area contributed by atoms with E-state index in [0.29, 0.717) is 5.96 Å². The molecule has 4 nitrogen and oxygen atoms in total. The third-order valence-electron chi connectivity index (χ3n) is 6.46. The molecular formula is C22H22BrN3O. The summed E-state index contributed by atoms with van der Waals surface area (Å²) >= 11 is 3.62. The van der Waals surface area contributed by atoms with Gasteiger partial charge < -0.3 is 15.4 Å². The van der Waals surface area contributed by atoms with E-state index in [2.05, 4.69) is 52.8 Å². The molecule has 27 heavy (non-hydrogen) atoms. The Bertz CT molecular complexity index is 972. The van der Waals surface area contributed by atoms with Crippen LogP contribution in [-0.4, -0.2) is 23.5 Å². The number of likely N-dealkylation sites (N-methyl/N-ethyl adjacent to an activating group) is 1. The van der Waals surface area contributed by atoms with E-state index < -0.39 is 11.1 Å². The zero-order valence-corrected chi connectivity index (χ0v) is 16.9. The van der Waals surface area contributed by atoms with Gasteiger partial charge in [-0.15, -0.1) is 0 Å². The highest BCUT2D eigenvalue weighted by molar-refractivity contribution is 9.10. The van der Waals surface area contributed by atoms with Gasteiger partial charge >= 0.3 is 0 Å². The molecule has 2 aromatic carbocycles. The molecule has 2 aromatic rings. The molecular weight excluding hydrogens is 402 g/mol. The second-order valence-electron chi connectivity index (χ2n) is 7.69. The first kappa shape index (κ1) is 16.9. The number of nitrogens with two attached hydrogens (primary N) is 1. The fraction of sp³-hybridized carbons (Fsp3) is 0.318. The number of rotatable bonds is 0. The summed E-state index contributed by atoms with van der Waals surface area (Å²) in [5, 5.41) is 0. The Balaban J connectivity index is 1.70. The molecule has 1 aliphatic carbocycles. The minimum atomic E-state index is -0.674. The molecule has 1 unspecified atom stereocenters. The molecule has 0 aromatic heterocycles. The van der Waals surface area contributed by atoms with Gasteiger partial charge in [-0.2, -0.15) is 0 Å². The third kappa shape index (κ3) is 2.12. The van der Waals surface area contributed by atoms with Gasteiger partial charge in [-0.25, -0.2) is 4.99 Å². The van der Waals surface area contributed by atoms with E-state index in [4.69, 9.17) is 15.5 Å². The fourth-order valence-electron chi connectivity index (χ4n) is 4.98. The van der Waals surface area contributed by atoms with Gasteiger partial charge in [-0.1, -0.05) is 46.8 Å². The maximum absolute atomic E-state index is 6.74. The van der Waals surface area contributed by atoms with Crippen molar-refractivity contribution in [2.45, 2.75) is 36.8 Å². The minimum Gasteiger partial charge on any atom is -0.484 e. The normalized spacial score (nSPS) is 25.2. The maximum Gasteiger partial charge on any atom is 0.196 e. The molecule has 2 aliphatic heterocycles. The van der Waals surface area contributed by atoms with E-state index in [-0.39, 0.29) is 0 Å². The Morgan fingerprint density at radius 1 is 1.15 bits per heavy atom. The van der Waals surface area contributed by atoms with Crippen LogP contribution in [0.15, 0.2) is 64.2 Å². The number of guanidine groups is 1. The Morgan fingerprint density at radius 2 is 1.81 bits per heavy atom. The summed E-state index contributed by atoms with van der Waals surface area (Å²) in [6.07, 6.45) is 3.67. The predicted molar refractivity (Wildman–Crippen MR) is 111 cm³/mol. The smallest absolute Gasteiger partial charge is 0.196 e. The number of aryl methyl sites for hydroxylation is 2. The summed E-state index contributed by atoms with van der Waals surface area (Å²) in [6.45, 7) is 4.41. The average Bonchev–Trinajstić information content (AvgIpc) is 2.96. The van der Waals surface area contributed by atoms with E-state index in [9.17, 15) is 0 Å². The first-order valence-electron chi connectivity index (χ1n) is 9.31. The molecule has 2 heterocycles. The highest BCUT2D eigenvalue weighted by Crippen LogP contribution is 2.60. The molecule has 1 atom stereocenters. The van der Waals surface area contributed by atoms with Crippen LogP contribution in [0, 0.1) is 0 Å². The molecule has 3 aliphatic rings. The van der Waals surface area contributed by atoms with Gasteiger partial charge in [0.2, 0.25) is 0 Å². The lowest BCUT2D eigenvalue weighted by molar-refractivity contribution is 0.0191. The van der Waals surface area contributed by atoms with Crippen molar-refractivity contribution in [3.05, 3.63) is 75.9 Å². The quantitative estimate of drug-likeness (QED) is 0.692. The van der Waals surface area contributed by atoms with Crippen molar-refractivity contribution in [3.63, 3.8) is 0 Å². The van der Waals surface area contributed by atoms with Crippen LogP contribution >= 0.6 is 15.9 Å². The van der Waals surface area contributed by atoms with Crippen LogP contribution in [-0.2, 0) is 18.4 Å². The van der Waals surface area contributed by atoms with Gasteiger partial charge in [0.15, 0.2) is 11.5 Å². The van der Waals surface area contributed by atoms with Gasteiger partial charge in [-0.05, 0) is 55.0 Å². The monoisotopic (exact) mass is 423 g/mol. The summed E-state index contributed by atoms with van der Waals surface area (Å²) in [4.78, 5) is 6.92. The van der Waals surface area contributed by atoms with Crippen LogP contribution in [0.25, 0.3) is 0 Å². The van der Waals surface area contributed by atoms with Crippen molar-refractivity contribution in [2.24, 2.45) is 10.7 Å². The lowest BCUT2D eigenvalue weighted by Crippen LogP contribution is -2.51. The Morgan fingerprint density at radius 3 is 2.41 bits per heavy atom. The third-order valence-corrected chi connectivity index (χ3v) is 6.95. The molecule has 2 N–H and O–H groups in total. The van der Waals surface area contributed by atoms with Crippen LogP contribution in [0.3, 0.4) is 0 Å². The Kier molecular flexibility index (Phi) is 3.51. The number of halogens is 1. The van der Waals surface area contributed by atoms with E-state index in [1.165, 1.54) is 11.1 Å². The van der Waals surface area contributed by atoms with Crippen LogP contribution in [0.5, 0.6) is 5.75 Å². The van der Waals surface area contributed by atoms with E-state index in [1.54, 1.807) is 0 Å². The Hall–Kier alpha value is -2.27. The zero-order valence-electron chi connectivity index (χ0n) is 15.3. The van der Waals surface area contributed by atoms with Crippen molar-refractivity contribution >= 4 is 21.9 Å². The molecule has 2 spiro atoms. The molecule has 5 rings (SSSR count). The lowest BCUT2D eigenvalue weighted by Gasteiger charge is -2.40. The number of nitrogens with zero attached hydrogens (tertiary/aromatic N) is 2. The van der Waals surface area contributed by atoms with Gasteiger partial charge in [-0.3, -0.25) is 0 Å². The maximum atomic E-state index is 6.74. The molecule has 0 radical (unpaired) electrons. The Labute approximate surface area is 167 Å². The highest BCUT2D eigenvalue weighted by atomic mass is 79.9. The first-order chi connectivity index (χ1) is 13.0. The number of benzene rings is 2. The summed E-state index contributed by atoms with van der Waals surface area (Å²) < 4.78 is 7.74. The number of aliphatic imine (C=N–C) groups is 1. The average molecular weight is 424 g/mol. The number of hydrogen-bond donors (Lipinski definition) is 1. The summed E-state index contributed by atoms with van der Waals surface area (Å²) in [5.41, 5.74) is 9.87. The SMILES string of the molecule is C=C1N(C)C(N)=NC12c1cc(Br)ccc1OC21CCc2ccccc2CC1. The van der Waals surface area contributed by atoms with Crippen LogP contribution in [0.1, 0.15) is 29.5 Å². The number of fused-ring (bicyclic) bond motifs is 4. The molecule has 0 amide bonds. The predicted octanol–water partition coefficient (Wildman–Crippen LogP) is 4.13. The second kappa shape index (κ2) is 5.61. The molecule has 5 heteroatoms. The fourth-order valence-corrected chi connectivity index (χ4v) is 5.34. The largest absolute Gasteiger partial charge is 0.484 e. The van der Waals surface area contributed by atoms with E-state index in [1.807, 2.05) is 24.1 Å². The zero-order chi connectivity index (χ0) is 18.8. The minimum absolute atomic E-state index is 0.485. The molecule has 138 valence electrons. The summed E-state index contributed by atoms with van der Waals surface area (Å²) in [5.74, 6) is 1.38. The molecule has 0 bridgehead atoms. The van der Waals surface area contributed by atoms with Crippen LogP contribution < -0.4 is 10.5 Å². The van der Waals surface area contributed by atoms with Crippen LogP contribution in [0.2, 0.25) is 0 Å². The lowest BCUT2D eigenvalue weighted by atomic mass is 9.71. The summed E-state index contributed by atoms with van der Waals surface area (Å²) in [6, 6.07) is 14.9. The van der Waals surface area contributed by atoms with Crippen molar-refractivity contribution in [1.29, 1.82) is 0 Å². The highest BCUT2D eigenvalue weighted by Gasteiger charge is 2.65. The van der Waals surface area contributed by atoms with Gasteiger partial charge in [0, 0.05) is 22.8 Å². The molecule has 0 saturated carbocycles. The van der Waals surface area contributed by atoms with Crippen molar-refractivity contribution in [1.82, 2.24) is 4.90 Å².